The van der Waals surface area contributed by atoms with Crippen LogP contribution in [0.2, 0.25) is 0 Å². The zero-order valence-corrected chi connectivity index (χ0v) is 12.7. The van der Waals surface area contributed by atoms with Crippen LogP contribution in [0.5, 0.6) is 28.7 Å². The van der Waals surface area contributed by atoms with Crippen molar-refractivity contribution in [3.63, 3.8) is 0 Å². The molecular weight excluding hydrogens is 300 g/mol. The van der Waals surface area contributed by atoms with E-state index in [-0.39, 0.29) is 46.5 Å². The summed E-state index contributed by atoms with van der Waals surface area (Å²) in [7, 11) is 2.85. The van der Waals surface area contributed by atoms with Crippen LogP contribution in [0, 0.1) is 0 Å². The van der Waals surface area contributed by atoms with Crippen LogP contribution in [0.15, 0.2) is 30.3 Å². The predicted molar refractivity (Wildman–Crippen MR) is 81.6 cm³/mol. The van der Waals surface area contributed by atoms with Crippen LogP contribution in [0.4, 0.5) is 0 Å². The molecule has 6 nitrogen and oxygen atoms in total. The number of phenols is 2. The molecule has 2 aromatic carbocycles. The second-order valence-corrected chi connectivity index (χ2v) is 5.13. The Morgan fingerprint density at radius 1 is 1.13 bits per heavy atom. The molecular formula is C17H16O6. The number of carbonyl (C=O) groups is 1. The van der Waals surface area contributed by atoms with Crippen molar-refractivity contribution in [3.8, 4) is 28.7 Å². The largest absolute Gasteiger partial charge is 0.508 e. The van der Waals surface area contributed by atoms with Crippen molar-refractivity contribution in [2.75, 3.05) is 14.2 Å². The number of hydrogen-bond donors (Lipinski definition) is 2. The molecule has 0 aromatic heterocycles. The summed E-state index contributed by atoms with van der Waals surface area (Å²) in [5.74, 6) is 0.133. The van der Waals surface area contributed by atoms with Crippen LogP contribution in [0.1, 0.15) is 28.4 Å². The Labute approximate surface area is 132 Å². The van der Waals surface area contributed by atoms with Gasteiger partial charge in [0.05, 0.1) is 20.6 Å². The lowest BCUT2D eigenvalue weighted by molar-refractivity contribution is 0.0833. The smallest absolute Gasteiger partial charge is 0.204 e. The maximum absolute atomic E-state index is 12.5. The van der Waals surface area contributed by atoms with Crippen molar-refractivity contribution in [2.24, 2.45) is 0 Å². The number of fused-ring (bicyclic) bond motifs is 1. The van der Waals surface area contributed by atoms with E-state index in [9.17, 15) is 15.0 Å². The fourth-order valence-corrected chi connectivity index (χ4v) is 2.72. The van der Waals surface area contributed by atoms with E-state index in [1.165, 1.54) is 26.4 Å². The lowest BCUT2D eigenvalue weighted by Gasteiger charge is -2.28. The van der Waals surface area contributed by atoms with E-state index in [1.807, 2.05) is 0 Å². The highest BCUT2D eigenvalue weighted by Crippen LogP contribution is 2.50. The van der Waals surface area contributed by atoms with Gasteiger partial charge in [0.25, 0.3) is 0 Å². The van der Waals surface area contributed by atoms with Crippen LogP contribution in [-0.2, 0) is 0 Å². The number of ketones is 1. The fourth-order valence-electron chi connectivity index (χ4n) is 2.72. The summed E-state index contributed by atoms with van der Waals surface area (Å²) in [6.45, 7) is 0. The normalized spacial score (nSPS) is 16.4. The molecule has 23 heavy (non-hydrogen) atoms. The van der Waals surface area contributed by atoms with Gasteiger partial charge in [0.15, 0.2) is 17.3 Å². The van der Waals surface area contributed by atoms with Crippen molar-refractivity contribution in [1.82, 2.24) is 0 Å². The fraction of sp³-hybridized carbons (Fsp3) is 0.235. The highest BCUT2D eigenvalue weighted by Gasteiger charge is 2.35. The summed E-state index contributed by atoms with van der Waals surface area (Å²) in [5.41, 5.74) is 0.560. The molecule has 3 rings (SSSR count). The van der Waals surface area contributed by atoms with Gasteiger partial charge in [-0.1, -0.05) is 18.2 Å². The van der Waals surface area contributed by atoms with Gasteiger partial charge in [-0.15, -0.1) is 0 Å². The van der Waals surface area contributed by atoms with Crippen molar-refractivity contribution in [3.05, 3.63) is 41.5 Å². The van der Waals surface area contributed by atoms with Crippen LogP contribution >= 0.6 is 0 Å². The Balaban J connectivity index is 2.13. The number of carbonyl (C=O) groups excluding carboxylic acids is 1. The minimum atomic E-state index is -0.670. The average Bonchev–Trinajstić information content (AvgIpc) is 2.54. The summed E-state index contributed by atoms with van der Waals surface area (Å²) in [5, 5.41) is 20.1. The molecule has 1 aliphatic rings. The Morgan fingerprint density at radius 2 is 1.87 bits per heavy atom. The highest BCUT2D eigenvalue weighted by atomic mass is 16.5. The second kappa shape index (κ2) is 5.72. The third-order valence-electron chi connectivity index (χ3n) is 3.80. The van der Waals surface area contributed by atoms with Crippen LogP contribution in [0.3, 0.4) is 0 Å². The summed E-state index contributed by atoms with van der Waals surface area (Å²) >= 11 is 0. The number of Topliss-reactive ketones (excluding diaryl/α,β-unsaturated/α-hetero) is 1. The zero-order valence-electron chi connectivity index (χ0n) is 12.7. The van der Waals surface area contributed by atoms with Gasteiger partial charge in [-0.3, -0.25) is 4.79 Å². The number of benzene rings is 2. The molecule has 1 atom stereocenters. The van der Waals surface area contributed by atoms with Crippen LogP contribution < -0.4 is 14.2 Å². The summed E-state index contributed by atoms with van der Waals surface area (Å²) in [6, 6.07) is 7.97. The number of aromatic hydroxyl groups is 2. The van der Waals surface area contributed by atoms with E-state index in [4.69, 9.17) is 14.2 Å². The molecule has 120 valence electrons. The minimum Gasteiger partial charge on any atom is -0.508 e. The van der Waals surface area contributed by atoms with E-state index in [2.05, 4.69) is 0 Å². The van der Waals surface area contributed by atoms with Gasteiger partial charge in [-0.2, -0.15) is 0 Å². The molecule has 0 radical (unpaired) electrons. The van der Waals surface area contributed by atoms with Gasteiger partial charge < -0.3 is 24.4 Å². The van der Waals surface area contributed by atoms with Crippen molar-refractivity contribution < 1.29 is 29.2 Å². The monoisotopic (exact) mass is 316 g/mol. The van der Waals surface area contributed by atoms with E-state index in [0.29, 0.717) is 5.56 Å². The lowest BCUT2D eigenvalue weighted by Crippen LogP contribution is -2.21. The number of methoxy groups -OCH3 is 2. The Morgan fingerprint density at radius 3 is 2.52 bits per heavy atom. The minimum absolute atomic E-state index is 0.00756. The molecule has 0 saturated carbocycles. The summed E-state index contributed by atoms with van der Waals surface area (Å²) in [4.78, 5) is 12.5. The van der Waals surface area contributed by atoms with Crippen molar-refractivity contribution >= 4 is 5.78 Å². The molecule has 0 aliphatic carbocycles. The highest BCUT2D eigenvalue weighted by molar-refractivity contribution is 6.04. The SMILES string of the molecule is COc1cc(O)c2c(c1OC)O[C@H](c1ccccc1O)CC2=O. The number of rotatable bonds is 3. The van der Waals surface area contributed by atoms with E-state index in [0.717, 1.165) is 0 Å². The molecule has 0 amide bonds. The molecule has 1 aliphatic heterocycles. The van der Waals surface area contributed by atoms with Gasteiger partial charge in [0, 0.05) is 11.6 Å². The molecule has 6 heteroatoms. The van der Waals surface area contributed by atoms with Gasteiger partial charge in [-0.05, 0) is 6.07 Å². The average molecular weight is 316 g/mol. The van der Waals surface area contributed by atoms with Crippen molar-refractivity contribution in [2.45, 2.75) is 12.5 Å². The molecule has 0 saturated heterocycles. The number of hydrogen-bond acceptors (Lipinski definition) is 6. The van der Waals surface area contributed by atoms with Crippen molar-refractivity contribution in [1.29, 1.82) is 0 Å². The number of phenolic OH excluding ortho intramolecular Hbond substituents is 2. The molecule has 2 N–H and O–H groups in total. The lowest BCUT2D eigenvalue weighted by atomic mass is 9.94. The Kier molecular flexibility index (Phi) is 3.73. The third-order valence-corrected chi connectivity index (χ3v) is 3.80. The first-order valence-electron chi connectivity index (χ1n) is 7.02. The number of para-hydroxylation sites is 1. The number of ether oxygens (including phenoxy) is 3. The molecule has 0 fully saturated rings. The summed E-state index contributed by atoms with van der Waals surface area (Å²) in [6.07, 6.45) is -0.662. The third kappa shape index (κ3) is 2.42. The second-order valence-electron chi connectivity index (χ2n) is 5.13. The molecule has 0 bridgehead atoms. The molecule has 2 aromatic rings. The van der Waals surface area contributed by atoms with E-state index < -0.39 is 6.10 Å². The first kappa shape index (κ1) is 15.0. The Hall–Kier alpha value is -2.89. The first-order chi connectivity index (χ1) is 11.1. The quantitative estimate of drug-likeness (QED) is 0.905. The van der Waals surface area contributed by atoms with Crippen LogP contribution in [0.25, 0.3) is 0 Å². The molecule has 0 unspecified atom stereocenters. The van der Waals surface area contributed by atoms with E-state index in [1.54, 1.807) is 18.2 Å². The predicted octanol–water partition coefficient (Wildman–Crippen LogP) is 2.82. The van der Waals surface area contributed by atoms with Gasteiger partial charge >= 0.3 is 0 Å². The standard InChI is InChI=1S/C17H16O6/c1-21-14-8-12(20)15-11(19)7-13(23-17(15)16(14)22-2)9-5-3-4-6-10(9)18/h3-6,8,13,18,20H,7H2,1-2H3/t13-/m0/s1. The van der Waals surface area contributed by atoms with E-state index >= 15 is 0 Å². The Bertz CT molecular complexity index is 768. The maximum Gasteiger partial charge on any atom is 0.204 e. The topological polar surface area (TPSA) is 85.2 Å². The molecule has 1 heterocycles. The zero-order chi connectivity index (χ0) is 16.6. The van der Waals surface area contributed by atoms with Crippen LogP contribution in [-0.4, -0.2) is 30.2 Å². The van der Waals surface area contributed by atoms with Gasteiger partial charge in [0.2, 0.25) is 5.75 Å². The van der Waals surface area contributed by atoms with Gasteiger partial charge in [-0.25, -0.2) is 0 Å². The summed E-state index contributed by atoms with van der Waals surface area (Å²) < 4.78 is 16.3. The maximum atomic E-state index is 12.5. The molecule has 0 spiro atoms. The first-order valence-corrected chi connectivity index (χ1v) is 7.02. The van der Waals surface area contributed by atoms with Gasteiger partial charge in [0.1, 0.15) is 23.2 Å².